The van der Waals surface area contributed by atoms with Crippen molar-refractivity contribution >= 4 is 29.1 Å². The minimum atomic E-state index is -5.04. The SMILES string of the molecule is O=C(NCC(CCNC1CCCC1)c1ccc(Cl)c(Cl)c1)c1cc(C(F)(F)F)cc(C(F)(F)F)c1. The Kier molecular flexibility index (Phi) is 8.99. The van der Waals surface area contributed by atoms with Crippen LogP contribution in [0.5, 0.6) is 0 Å². The first-order valence-corrected chi connectivity index (χ1v) is 11.9. The Morgan fingerprint density at radius 1 is 0.914 bits per heavy atom. The van der Waals surface area contributed by atoms with Gasteiger partial charge in [-0.15, -0.1) is 0 Å². The van der Waals surface area contributed by atoms with Gasteiger partial charge >= 0.3 is 12.4 Å². The molecule has 0 aromatic heterocycles. The summed E-state index contributed by atoms with van der Waals surface area (Å²) in [6.07, 6.45) is -5.06. The van der Waals surface area contributed by atoms with E-state index in [0.29, 0.717) is 41.2 Å². The van der Waals surface area contributed by atoms with Crippen molar-refractivity contribution in [3.63, 3.8) is 0 Å². The molecule has 0 spiro atoms. The van der Waals surface area contributed by atoms with E-state index in [1.807, 2.05) is 0 Å². The molecular formula is C24H24Cl2F6N2O. The van der Waals surface area contributed by atoms with Gasteiger partial charge in [0.05, 0.1) is 21.2 Å². The van der Waals surface area contributed by atoms with Crippen LogP contribution in [-0.4, -0.2) is 25.0 Å². The highest BCUT2D eigenvalue weighted by Gasteiger charge is 2.37. The van der Waals surface area contributed by atoms with Crippen molar-refractivity contribution in [2.45, 2.75) is 56.4 Å². The van der Waals surface area contributed by atoms with Gasteiger partial charge < -0.3 is 10.6 Å². The first-order valence-electron chi connectivity index (χ1n) is 11.1. The predicted octanol–water partition coefficient (Wildman–Crippen LogP) is 7.47. The zero-order chi connectivity index (χ0) is 25.8. The Bertz CT molecular complexity index is 1000. The first kappa shape index (κ1) is 27.6. The highest BCUT2D eigenvalue weighted by Crippen LogP contribution is 2.36. The van der Waals surface area contributed by atoms with Gasteiger partial charge in [0.2, 0.25) is 0 Å². The smallest absolute Gasteiger partial charge is 0.351 e. The van der Waals surface area contributed by atoms with E-state index >= 15 is 0 Å². The molecule has 1 amide bonds. The van der Waals surface area contributed by atoms with Gasteiger partial charge in [-0.3, -0.25) is 4.79 Å². The lowest BCUT2D eigenvalue weighted by Crippen LogP contribution is -2.32. The average molecular weight is 541 g/mol. The number of amides is 1. The lowest BCUT2D eigenvalue weighted by molar-refractivity contribution is -0.143. The van der Waals surface area contributed by atoms with Crippen LogP contribution in [0.4, 0.5) is 26.3 Å². The van der Waals surface area contributed by atoms with E-state index in [4.69, 9.17) is 23.2 Å². The zero-order valence-electron chi connectivity index (χ0n) is 18.5. The molecule has 1 saturated carbocycles. The number of alkyl halides is 6. The molecule has 0 aliphatic heterocycles. The van der Waals surface area contributed by atoms with Crippen LogP contribution in [0.1, 0.15) is 65.1 Å². The van der Waals surface area contributed by atoms with Crippen LogP contribution in [0.15, 0.2) is 36.4 Å². The van der Waals surface area contributed by atoms with Crippen molar-refractivity contribution in [3.8, 4) is 0 Å². The maximum atomic E-state index is 13.1. The molecule has 35 heavy (non-hydrogen) atoms. The average Bonchev–Trinajstić information content (AvgIpc) is 3.30. The fraction of sp³-hybridized carbons (Fsp3) is 0.458. The number of rotatable bonds is 8. The second kappa shape index (κ2) is 11.4. The minimum Gasteiger partial charge on any atom is -0.351 e. The van der Waals surface area contributed by atoms with Crippen LogP contribution >= 0.6 is 23.2 Å². The van der Waals surface area contributed by atoms with Gasteiger partial charge in [-0.2, -0.15) is 26.3 Å². The third-order valence-corrected chi connectivity index (χ3v) is 6.79. The Morgan fingerprint density at radius 2 is 1.51 bits per heavy atom. The van der Waals surface area contributed by atoms with Gasteiger partial charge in [-0.05, 0) is 61.7 Å². The van der Waals surface area contributed by atoms with E-state index in [1.165, 1.54) is 0 Å². The van der Waals surface area contributed by atoms with Crippen molar-refractivity contribution < 1.29 is 31.1 Å². The highest BCUT2D eigenvalue weighted by molar-refractivity contribution is 6.42. The molecule has 1 aliphatic carbocycles. The van der Waals surface area contributed by atoms with Gasteiger partial charge in [-0.1, -0.05) is 42.1 Å². The Hall–Kier alpha value is -1.97. The monoisotopic (exact) mass is 540 g/mol. The molecule has 2 N–H and O–H groups in total. The number of carbonyl (C=O) groups is 1. The molecule has 1 aliphatic rings. The second-order valence-electron chi connectivity index (χ2n) is 8.60. The van der Waals surface area contributed by atoms with Crippen LogP contribution in [0.2, 0.25) is 10.0 Å². The van der Waals surface area contributed by atoms with Crippen LogP contribution in [0, 0.1) is 0 Å². The number of benzene rings is 2. The molecule has 1 unspecified atom stereocenters. The Balaban J connectivity index is 1.77. The summed E-state index contributed by atoms with van der Waals surface area (Å²) >= 11 is 12.1. The molecule has 3 rings (SSSR count). The van der Waals surface area contributed by atoms with Crippen LogP contribution in [-0.2, 0) is 12.4 Å². The minimum absolute atomic E-state index is 0.00994. The highest BCUT2D eigenvalue weighted by atomic mass is 35.5. The summed E-state index contributed by atoms with van der Waals surface area (Å²) in [5, 5.41) is 6.59. The fourth-order valence-electron chi connectivity index (χ4n) is 4.15. The number of halogens is 8. The molecule has 11 heteroatoms. The summed E-state index contributed by atoms with van der Waals surface area (Å²) in [5.74, 6) is -1.33. The third-order valence-electron chi connectivity index (χ3n) is 6.05. The molecular weight excluding hydrogens is 517 g/mol. The fourth-order valence-corrected chi connectivity index (χ4v) is 4.46. The quantitative estimate of drug-likeness (QED) is 0.341. The van der Waals surface area contributed by atoms with E-state index < -0.39 is 35.0 Å². The van der Waals surface area contributed by atoms with Crippen LogP contribution < -0.4 is 10.6 Å². The maximum Gasteiger partial charge on any atom is 0.416 e. The van der Waals surface area contributed by atoms with Crippen LogP contribution in [0.25, 0.3) is 0 Å². The van der Waals surface area contributed by atoms with Crippen molar-refractivity contribution in [1.29, 1.82) is 0 Å². The van der Waals surface area contributed by atoms with Gasteiger partial charge in [0.25, 0.3) is 5.91 Å². The Morgan fingerprint density at radius 3 is 2.06 bits per heavy atom. The predicted molar refractivity (Wildman–Crippen MR) is 123 cm³/mol. The zero-order valence-corrected chi connectivity index (χ0v) is 20.0. The van der Waals surface area contributed by atoms with Gasteiger partial charge in [0.1, 0.15) is 0 Å². The summed E-state index contributed by atoms with van der Waals surface area (Å²) in [5.41, 5.74) is -3.06. The molecule has 2 aromatic carbocycles. The van der Waals surface area contributed by atoms with Gasteiger partial charge in [-0.25, -0.2) is 0 Å². The molecule has 0 saturated heterocycles. The topological polar surface area (TPSA) is 41.1 Å². The van der Waals surface area contributed by atoms with E-state index in [0.717, 1.165) is 31.2 Å². The molecule has 2 aromatic rings. The van der Waals surface area contributed by atoms with E-state index in [-0.39, 0.29) is 18.5 Å². The molecule has 1 atom stereocenters. The lowest BCUT2D eigenvalue weighted by Gasteiger charge is -2.21. The van der Waals surface area contributed by atoms with E-state index in [9.17, 15) is 31.1 Å². The number of hydrogen-bond acceptors (Lipinski definition) is 2. The van der Waals surface area contributed by atoms with Crippen molar-refractivity contribution in [2.75, 3.05) is 13.1 Å². The summed E-state index contributed by atoms with van der Waals surface area (Å²) in [4.78, 5) is 12.6. The number of carbonyl (C=O) groups excluding carboxylic acids is 1. The number of hydrogen-bond donors (Lipinski definition) is 2. The van der Waals surface area contributed by atoms with Crippen molar-refractivity contribution in [1.82, 2.24) is 10.6 Å². The maximum absolute atomic E-state index is 13.1. The van der Waals surface area contributed by atoms with Crippen molar-refractivity contribution in [2.24, 2.45) is 0 Å². The van der Waals surface area contributed by atoms with Gasteiger partial charge in [0.15, 0.2) is 0 Å². The first-order chi connectivity index (χ1) is 16.3. The summed E-state index contributed by atoms with van der Waals surface area (Å²) in [6, 6.07) is 6.20. The lowest BCUT2D eigenvalue weighted by atomic mass is 9.95. The summed E-state index contributed by atoms with van der Waals surface area (Å²) in [7, 11) is 0. The molecule has 0 radical (unpaired) electrons. The van der Waals surface area contributed by atoms with Crippen LogP contribution in [0.3, 0.4) is 0 Å². The second-order valence-corrected chi connectivity index (χ2v) is 9.41. The molecule has 192 valence electrons. The molecule has 3 nitrogen and oxygen atoms in total. The summed E-state index contributed by atoms with van der Waals surface area (Å²) in [6.45, 7) is 0.605. The Labute approximate surface area is 209 Å². The molecule has 0 bridgehead atoms. The summed E-state index contributed by atoms with van der Waals surface area (Å²) < 4.78 is 78.9. The normalized spacial score (nSPS) is 15.9. The number of nitrogens with one attached hydrogen (secondary N) is 2. The molecule has 0 heterocycles. The van der Waals surface area contributed by atoms with Gasteiger partial charge in [0, 0.05) is 24.1 Å². The molecule has 1 fully saturated rings. The van der Waals surface area contributed by atoms with E-state index in [2.05, 4.69) is 10.6 Å². The standard InChI is InChI=1S/C24H24Cl2F6N2O/c25-20-6-5-14(11-21(20)26)15(7-8-33-19-3-1-2-4-19)13-34-22(35)16-9-17(23(27,28)29)12-18(10-16)24(30,31)32/h5-6,9-12,15,19,33H,1-4,7-8,13H2,(H,34,35). The van der Waals surface area contributed by atoms with Crippen molar-refractivity contribution in [3.05, 3.63) is 68.7 Å². The van der Waals surface area contributed by atoms with E-state index in [1.54, 1.807) is 18.2 Å². The third kappa shape index (κ3) is 7.75. The largest absolute Gasteiger partial charge is 0.416 e.